The van der Waals surface area contributed by atoms with Gasteiger partial charge in [-0.2, -0.15) is 9.50 Å². The van der Waals surface area contributed by atoms with Crippen LogP contribution < -0.4 is 9.64 Å². The molecule has 0 unspecified atom stereocenters. The topological polar surface area (TPSA) is 58.8 Å². The number of ether oxygens (including phenoxy) is 1. The summed E-state index contributed by atoms with van der Waals surface area (Å²) in [5, 5.41) is 4.72. The Morgan fingerprint density at radius 3 is 2.40 bits per heavy atom. The summed E-state index contributed by atoms with van der Waals surface area (Å²) in [7, 11) is 3.81. The number of hydrogen-bond donors (Lipinski definition) is 0. The molecule has 3 aromatic rings. The second kappa shape index (κ2) is 6.33. The lowest BCUT2D eigenvalue weighted by atomic mass is 10.2. The Kier molecular flexibility index (Phi) is 4.01. The fraction of sp³-hybridized carbons (Fsp3) is 0.389. The molecule has 0 aliphatic carbocycles. The van der Waals surface area contributed by atoms with Gasteiger partial charge in [-0.25, -0.2) is 4.98 Å². The molecule has 4 rings (SSSR count). The van der Waals surface area contributed by atoms with Crippen LogP contribution in [-0.2, 0) is 0 Å². The van der Waals surface area contributed by atoms with Crippen LogP contribution in [0.25, 0.3) is 17.2 Å². The molecular weight excluding hydrogens is 316 g/mol. The number of fused-ring (bicyclic) bond motifs is 1. The number of aryl methyl sites for hydroxylation is 1. The molecule has 0 saturated carbocycles. The molecule has 0 amide bonds. The van der Waals surface area contributed by atoms with Crippen LogP contribution in [0, 0.1) is 6.92 Å². The van der Waals surface area contributed by atoms with E-state index in [2.05, 4.69) is 32.9 Å². The van der Waals surface area contributed by atoms with Crippen LogP contribution in [0.5, 0.6) is 5.75 Å². The van der Waals surface area contributed by atoms with E-state index < -0.39 is 0 Å². The number of nitrogens with zero attached hydrogens (tertiary/aromatic N) is 6. The van der Waals surface area contributed by atoms with Crippen LogP contribution in [0.3, 0.4) is 0 Å². The lowest BCUT2D eigenvalue weighted by Gasteiger charge is -2.33. The van der Waals surface area contributed by atoms with E-state index in [0.717, 1.165) is 49.0 Å². The van der Waals surface area contributed by atoms with E-state index in [4.69, 9.17) is 9.84 Å². The molecular formula is C18H22N6O. The fourth-order valence-corrected chi connectivity index (χ4v) is 3.09. The summed E-state index contributed by atoms with van der Waals surface area (Å²) in [6.07, 6.45) is 0. The summed E-state index contributed by atoms with van der Waals surface area (Å²) in [5.41, 5.74) is 1.91. The maximum absolute atomic E-state index is 5.22. The molecule has 3 heterocycles. The van der Waals surface area contributed by atoms with Crippen molar-refractivity contribution < 1.29 is 4.74 Å². The summed E-state index contributed by atoms with van der Waals surface area (Å²) >= 11 is 0. The van der Waals surface area contributed by atoms with E-state index in [1.54, 1.807) is 7.11 Å². The molecule has 2 aromatic heterocycles. The van der Waals surface area contributed by atoms with E-state index >= 15 is 0 Å². The van der Waals surface area contributed by atoms with Crippen molar-refractivity contribution in [2.24, 2.45) is 0 Å². The molecule has 25 heavy (non-hydrogen) atoms. The predicted molar refractivity (Wildman–Crippen MR) is 97.2 cm³/mol. The average molecular weight is 338 g/mol. The Hall–Kier alpha value is -2.67. The minimum atomic E-state index is 0.639. The van der Waals surface area contributed by atoms with Crippen molar-refractivity contribution in [1.82, 2.24) is 24.5 Å². The first-order valence-corrected chi connectivity index (χ1v) is 8.46. The van der Waals surface area contributed by atoms with Crippen molar-refractivity contribution in [3.8, 4) is 17.1 Å². The number of likely N-dealkylation sites (N-methyl/N-ethyl adjacent to an activating group) is 1. The van der Waals surface area contributed by atoms with Gasteiger partial charge in [-0.1, -0.05) is 0 Å². The van der Waals surface area contributed by atoms with Gasteiger partial charge in [0.2, 0.25) is 0 Å². The van der Waals surface area contributed by atoms with Crippen molar-refractivity contribution in [2.75, 3.05) is 45.2 Å². The molecule has 7 nitrogen and oxygen atoms in total. The molecule has 0 N–H and O–H groups in total. The van der Waals surface area contributed by atoms with Crippen LogP contribution in [0.1, 0.15) is 5.69 Å². The zero-order valence-electron chi connectivity index (χ0n) is 14.8. The third-order valence-corrected chi connectivity index (χ3v) is 4.60. The van der Waals surface area contributed by atoms with E-state index in [9.17, 15) is 0 Å². The molecule has 0 spiro atoms. The molecule has 1 saturated heterocycles. The first-order chi connectivity index (χ1) is 12.1. The lowest BCUT2D eigenvalue weighted by molar-refractivity contribution is 0.311. The molecule has 130 valence electrons. The smallest absolute Gasteiger partial charge is 0.254 e. The minimum absolute atomic E-state index is 0.639. The van der Waals surface area contributed by atoms with Crippen LogP contribution >= 0.6 is 0 Å². The molecule has 0 radical (unpaired) electrons. The third-order valence-electron chi connectivity index (χ3n) is 4.60. The average Bonchev–Trinajstić information content (AvgIpc) is 3.05. The Morgan fingerprint density at radius 1 is 1.00 bits per heavy atom. The zero-order valence-corrected chi connectivity index (χ0v) is 14.8. The maximum atomic E-state index is 5.22. The number of rotatable bonds is 3. The van der Waals surface area contributed by atoms with E-state index in [-0.39, 0.29) is 0 Å². The highest BCUT2D eigenvalue weighted by Crippen LogP contribution is 2.23. The number of aromatic nitrogens is 4. The Morgan fingerprint density at radius 2 is 1.72 bits per heavy atom. The van der Waals surface area contributed by atoms with Crippen molar-refractivity contribution >= 4 is 11.6 Å². The van der Waals surface area contributed by atoms with Gasteiger partial charge < -0.3 is 14.5 Å². The number of piperazine rings is 1. The van der Waals surface area contributed by atoms with Crippen LogP contribution in [0.4, 0.5) is 5.82 Å². The van der Waals surface area contributed by atoms with Gasteiger partial charge in [-0.15, -0.1) is 5.10 Å². The minimum Gasteiger partial charge on any atom is -0.497 e. The zero-order chi connectivity index (χ0) is 17.4. The Labute approximate surface area is 146 Å². The highest BCUT2D eigenvalue weighted by atomic mass is 16.5. The van der Waals surface area contributed by atoms with Crippen molar-refractivity contribution in [1.29, 1.82) is 0 Å². The molecule has 0 bridgehead atoms. The van der Waals surface area contributed by atoms with Gasteiger partial charge in [0, 0.05) is 43.5 Å². The number of anilines is 1. The summed E-state index contributed by atoms with van der Waals surface area (Å²) in [5.74, 6) is 3.19. The molecule has 0 atom stereocenters. The fourth-order valence-electron chi connectivity index (χ4n) is 3.09. The SMILES string of the molecule is COc1ccc(-c2nc3nc(C)cc(N4CCN(C)CC4)n3n2)cc1. The summed E-state index contributed by atoms with van der Waals surface area (Å²) < 4.78 is 7.08. The number of benzene rings is 1. The van der Waals surface area contributed by atoms with Gasteiger partial charge in [0.25, 0.3) is 5.78 Å². The monoisotopic (exact) mass is 338 g/mol. The summed E-state index contributed by atoms with van der Waals surface area (Å²) in [6.45, 7) is 6.05. The first kappa shape index (κ1) is 15.8. The maximum Gasteiger partial charge on any atom is 0.254 e. The van der Waals surface area contributed by atoms with Gasteiger partial charge in [-0.3, -0.25) is 0 Å². The van der Waals surface area contributed by atoms with Gasteiger partial charge in [0.1, 0.15) is 11.6 Å². The van der Waals surface area contributed by atoms with Crippen molar-refractivity contribution in [3.05, 3.63) is 36.0 Å². The lowest BCUT2D eigenvalue weighted by Crippen LogP contribution is -2.45. The molecule has 1 fully saturated rings. The van der Waals surface area contributed by atoms with Crippen LogP contribution in [-0.4, -0.2) is 64.8 Å². The molecule has 1 aliphatic heterocycles. The van der Waals surface area contributed by atoms with E-state index in [0.29, 0.717) is 11.6 Å². The summed E-state index contributed by atoms with van der Waals surface area (Å²) in [6, 6.07) is 9.86. The predicted octanol–water partition coefficient (Wildman–Crippen LogP) is 1.86. The quantitative estimate of drug-likeness (QED) is 0.726. The largest absolute Gasteiger partial charge is 0.497 e. The van der Waals surface area contributed by atoms with Crippen molar-refractivity contribution in [2.45, 2.75) is 6.92 Å². The molecule has 7 heteroatoms. The summed E-state index contributed by atoms with van der Waals surface area (Å²) in [4.78, 5) is 13.9. The second-order valence-electron chi connectivity index (χ2n) is 6.42. The standard InChI is InChI=1S/C18H22N6O/c1-13-12-16(23-10-8-22(2)9-11-23)24-18(19-13)20-17(21-24)14-4-6-15(25-3)7-5-14/h4-7,12H,8-11H2,1-3H3. The Bertz CT molecular complexity index is 880. The highest BCUT2D eigenvalue weighted by molar-refractivity contribution is 5.60. The third kappa shape index (κ3) is 3.02. The number of hydrogen-bond acceptors (Lipinski definition) is 6. The number of methoxy groups -OCH3 is 1. The normalized spacial score (nSPS) is 15.7. The van der Waals surface area contributed by atoms with Gasteiger partial charge in [0.05, 0.1) is 7.11 Å². The molecule has 1 aromatic carbocycles. The van der Waals surface area contributed by atoms with Crippen LogP contribution in [0.15, 0.2) is 30.3 Å². The second-order valence-corrected chi connectivity index (χ2v) is 6.42. The van der Waals surface area contributed by atoms with Crippen molar-refractivity contribution in [3.63, 3.8) is 0 Å². The Balaban J connectivity index is 1.75. The first-order valence-electron chi connectivity index (χ1n) is 8.46. The van der Waals surface area contributed by atoms with Gasteiger partial charge in [0.15, 0.2) is 5.82 Å². The van der Waals surface area contributed by atoms with Gasteiger partial charge in [-0.05, 0) is 38.2 Å². The van der Waals surface area contributed by atoms with E-state index in [1.807, 2.05) is 35.7 Å². The highest BCUT2D eigenvalue weighted by Gasteiger charge is 2.19. The molecule has 1 aliphatic rings. The van der Waals surface area contributed by atoms with Gasteiger partial charge >= 0.3 is 0 Å². The van der Waals surface area contributed by atoms with E-state index in [1.165, 1.54) is 0 Å². The van der Waals surface area contributed by atoms with Crippen LogP contribution in [0.2, 0.25) is 0 Å².